The van der Waals surface area contributed by atoms with E-state index in [9.17, 15) is 26.0 Å². The molecule has 0 unspecified atom stereocenters. The minimum atomic E-state index is -4.42. The molecule has 1 saturated heterocycles. The van der Waals surface area contributed by atoms with Crippen molar-refractivity contribution in [2.75, 3.05) is 13.1 Å². The molecule has 0 amide bonds. The van der Waals surface area contributed by atoms with Crippen LogP contribution in [0.3, 0.4) is 0 Å². The van der Waals surface area contributed by atoms with E-state index in [2.05, 4.69) is 4.99 Å². The quantitative estimate of drug-likeness (QED) is 0.620. The van der Waals surface area contributed by atoms with Gasteiger partial charge in [0.1, 0.15) is 5.82 Å². The largest absolute Gasteiger partial charge is 0.416 e. The molecule has 0 N–H and O–H groups in total. The van der Waals surface area contributed by atoms with Crippen LogP contribution in [0.15, 0.2) is 57.3 Å². The van der Waals surface area contributed by atoms with Gasteiger partial charge >= 0.3 is 6.18 Å². The molecule has 2 aromatic rings. The van der Waals surface area contributed by atoms with Gasteiger partial charge in [-0.3, -0.25) is 9.98 Å². The van der Waals surface area contributed by atoms with E-state index in [4.69, 9.17) is 4.99 Å². The number of alkyl halides is 3. The van der Waals surface area contributed by atoms with Gasteiger partial charge in [0.15, 0.2) is 5.66 Å². The number of sulfonamides is 1. The smallest absolute Gasteiger partial charge is 0.258 e. The normalized spacial score (nSPS) is 19.2. The van der Waals surface area contributed by atoms with E-state index in [0.29, 0.717) is 35.4 Å². The molecule has 0 saturated carbocycles. The molecule has 0 bridgehead atoms. The average Bonchev–Trinajstić information content (AvgIpc) is 3.05. The number of nitrogens with zero attached hydrogens (tertiary/aromatic N) is 3. The van der Waals surface area contributed by atoms with E-state index in [1.165, 1.54) is 28.6 Å². The highest BCUT2D eigenvalue weighted by Gasteiger charge is 2.42. The van der Waals surface area contributed by atoms with Crippen molar-refractivity contribution in [2.24, 2.45) is 9.98 Å². The fourth-order valence-electron chi connectivity index (χ4n) is 4.07. The molecular formula is C22H21F4N3O2S. The van der Waals surface area contributed by atoms with E-state index in [1.807, 2.05) is 0 Å². The predicted molar refractivity (Wildman–Crippen MR) is 113 cm³/mol. The Bertz CT molecular complexity index is 1210. The van der Waals surface area contributed by atoms with E-state index in [1.54, 1.807) is 13.8 Å². The second-order valence-electron chi connectivity index (χ2n) is 8.03. The maximum absolute atomic E-state index is 13.6. The minimum Gasteiger partial charge on any atom is -0.258 e. The van der Waals surface area contributed by atoms with Crippen molar-refractivity contribution in [1.29, 1.82) is 0 Å². The Morgan fingerprint density at radius 2 is 1.59 bits per heavy atom. The van der Waals surface area contributed by atoms with Crippen molar-refractivity contribution >= 4 is 21.4 Å². The first-order chi connectivity index (χ1) is 14.9. The zero-order chi connectivity index (χ0) is 23.3. The first-order valence-electron chi connectivity index (χ1n) is 10.0. The van der Waals surface area contributed by atoms with Crippen LogP contribution in [0.2, 0.25) is 0 Å². The van der Waals surface area contributed by atoms with Gasteiger partial charge in [0.05, 0.1) is 21.9 Å². The fourth-order valence-corrected chi connectivity index (χ4v) is 5.75. The molecule has 2 aliphatic heterocycles. The third-order valence-corrected chi connectivity index (χ3v) is 7.86. The van der Waals surface area contributed by atoms with Crippen molar-refractivity contribution in [1.82, 2.24) is 4.31 Å². The number of hydrogen-bond donors (Lipinski definition) is 0. The SMILES string of the molecule is CC1=NC2(CCN(S(=O)(=O)c3cc(F)ccc3C)CC2)N=C1c1ccc(C(F)(F)F)cc1. The lowest BCUT2D eigenvalue weighted by molar-refractivity contribution is -0.137. The Morgan fingerprint density at radius 1 is 0.969 bits per heavy atom. The van der Waals surface area contributed by atoms with Gasteiger partial charge in [0.25, 0.3) is 0 Å². The standard InChI is InChI=1S/C22H21F4N3O2S/c1-14-3-8-18(23)13-19(14)32(30,31)29-11-9-21(10-12-29)27-15(2)20(28-21)16-4-6-17(7-5-16)22(24,25)26/h3-8,13H,9-12H2,1-2H3. The van der Waals surface area contributed by atoms with Crippen LogP contribution in [0.25, 0.3) is 0 Å². The maximum atomic E-state index is 13.6. The van der Waals surface area contributed by atoms with Gasteiger partial charge in [0, 0.05) is 31.5 Å². The summed E-state index contributed by atoms with van der Waals surface area (Å²) in [4.78, 5) is 9.27. The summed E-state index contributed by atoms with van der Waals surface area (Å²) in [7, 11) is -3.87. The summed E-state index contributed by atoms with van der Waals surface area (Å²) in [5.41, 5.74) is 0.518. The molecule has 0 aromatic heterocycles. The van der Waals surface area contributed by atoms with Crippen LogP contribution in [-0.2, 0) is 16.2 Å². The molecule has 5 nitrogen and oxygen atoms in total. The lowest BCUT2D eigenvalue weighted by atomic mass is 10.00. The summed E-state index contributed by atoms with van der Waals surface area (Å²) in [6.07, 6.45) is -3.77. The number of rotatable bonds is 3. The highest BCUT2D eigenvalue weighted by Crippen LogP contribution is 2.36. The predicted octanol–water partition coefficient (Wildman–Crippen LogP) is 4.60. The summed E-state index contributed by atoms with van der Waals surface area (Å²) < 4.78 is 79.5. The molecule has 0 atom stereocenters. The number of halogens is 4. The average molecular weight is 467 g/mol. The Morgan fingerprint density at radius 3 is 2.19 bits per heavy atom. The summed E-state index contributed by atoms with van der Waals surface area (Å²) in [5, 5.41) is 0. The van der Waals surface area contributed by atoms with Crippen molar-refractivity contribution < 1.29 is 26.0 Å². The molecule has 0 aliphatic carbocycles. The van der Waals surface area contributed by atoms with E-state index < -0.39 is 33.2 Å². The van der Waals surface area contributed by atoms with Crippen LogP contribution in [0.1, 0.15) is 36.5 Å². The number of aryl methyl sites for hydroxylation is 1. The molecular weight excluding hydrogens is 446 g/mol. The lowest BCUT2D eigenvalue weighted by Gasteiger charge is -2.35. The molecule has 1 fully saturated rings. The Kier molecular flexibility index (Phi) is 5.49. The maximum Gasteiger partial charge on any atom is 0.416 e. The highest BCUT2D eigenvalue weighted by atomic mass is 32.2. The minimum absolute atomic E-state index is 0.0616. The van der Waals surface area contributed by atoms with Gasteiger partial charge in [-0.2, -0.15) is 17.5 Å². The molecule has 4 rings (SSSR count). The molecule has 10 heteroatoms. The van der Waals surface area contributed by atoms with Gasteiger partial charge in [-0.05, 0) is 43.7 Å². The van der Waals surface area contributed by atoms with Crippen LogP contribution in [-0.4, -0.2) is 42.9 Å². The van der Waals surface area contributed by atoms with Crippen LogP contribution < -0.4 is 0 Å². The number of piperidine rings is 1. The van der Waals surface area contributed by atoms with Crippen molar-refractivity contribution in [3.05, 3.63) is 65.0 Å². The topological polar surface area (TPSA) is 62.1 Å². The molecule has 2 heterocycles. The van der Waals surface area contributed by atoms with Crippen LogP contribution in [0.5, 0.6) is 0 Å². The number of benzene rings is 2. The zero-order valence-corrected chi connectivity index (χ0v) is 18.3. The number of hydrogen-bond acceptors (Lipinski definition) is 4. The molecule has 1 spiro atoms. The Balaban J connectivity index is 1.54. The van der Waals surface area contributed by atoms with Crippen molar-refractivity contribution in [3.63, 3.8) is 0 Å². The van der Waals surface area contributed by atoms with E-state index in [0.717, 1.165) is 18.2 Å². The summed E-state index contributed by atoms with van der Waals surface area (Å²) in [5.74, 6) is -0.621. The summed E-state index contributed by atoms with van der Waals surface area (Å²) >= 11 is 0. The van der Waals surface area contributed by atoms with Gasteiger partial charge < -0.3 is 0 Å². The number of aliphatic imine (C=N–C) groups is 2. The van der Waals surface area contributed by atoms with Gasteiger partial charge in [-0.15, -0.1) is 0 Å². The first kappa shape index (κ1) is 22.6. The third-order valence-electron chi connectivity index (χ3n) is 5.82. The van der Waals surface area contributed by atoms with Gasteiger partial charge in [-0.25, -0.2) is 12.8 Å². The van der Waals surface area contributed by atoms with E-state index >= 15 is 0 Å². The first-order valence-corrected chi connectivity index (χ1v) is 11.5. The van der Waals surface area contributed by atoms with Gasteiger partial charge in [-0.1, -0.05) is 18.2 Å². The van der Waals surface area contributed by atoms with Crippen LogP contribution in [0.4, 0.5) is 17.6 Å². The third kappa shape index (κ3) is 4.09. The molecule has 2 aromatic carbocycles. The Hall–Kier alpha value is -2.59. The molecule has 170 valence electrons. The van der Waals surface area contributed by atoms with Crippen molar-refractivity contribution in [3.8, 4) is 0 Å². The Labute approximate surface area is 183 Å². The van der Waals surface area contributed by atoms with Gasteiger partial charge in [0.2, 0.25) is 10.0 Å². The zero-order valence-electron chi connectivity index (χ0n) is 17.4. The van der Waals surface area contributed by atoms with Crippen LogP contribution >= 0.6 is 0 Å². The second-order valence-corrected chi connectivity index (χ2v) is 9.94. The highest BCUT2D eigenvalue weighted by molar-refractivity contribution is 7.89. The van der Waals surface area contributed by atoms with Crippen LogP contribution in [0, 0.1) is 12.7 Å². The summed E-state index contributed by atoms with van der Waals surface area (Å²) in [6, 6.07) is 8.41. The second kappa shape index (κ2) is 7.77. The monoisotopic (exact) mass is 467 g/mol. The molecule has 32 heavy (non-hydrogen) atoms. The van der Waals surface area contributed by atoms with E-state index in [-0.39, 0.29) is 18.0 Å². The fraction of sp³-hybridized carbons (Fsp3) is 0.364. The molecule has 0 radical (unpaired) electrons. The lowest BCUT2D eigenvalue weighted by Crippen LogP contribution is -2.44. The molecule has 2 aliphatic rings. The van der Waals surface area contributed by atoms with Crippen molar-refractivity contribution in [2.45, 2.75) is 43.4 Å². The summed E-state index contributed by atoms with van der Waals surface area (Å²) in [6.45, 7) is 3.66.